The van der Waals surface area contributed by atoms with Crippen LogP contribution >= 0.6 is 0 Å². The standard InChI is InChI=1S/C17H16O3/c1-20-16-9-7-15(8-10-16)17(19)11-6-13-2-4-14(12-18)5-3-13/h2-11,18H,12H2,1H3/b11-6+. The molecule has 102 valence electrons. The Morgan fingerprint density at radius 2 is 1.75 bits per heavy atom. The molecule has 0 fully saturated rings. The molecular formula is C17H16O3. The molecule has 0 atom stereocenters. The summed E-state index contributed by atoms with van der Waals surface area (Å²) < 4.78 is 5.05. The van der Waals surface area contributed by atoms with Crippen LogP contribution in [-0.4, -0.2) is 18.0 Å². The number of hydrogen-bond donors (Lipinski definition) is 1. The smallest absolute Gasteiger partial charge is 0.185 e. The van der Waals surface area contributed by atoms with E-state index in [0.717, 1.165) is 16.9 Å². The van der Waals surface area contributed by atoms with Gasteiger partial charge in [-0.05, 0) is 41.5 Å². The highest BCUT2D eigenvalue weighted by atomic mass is 16.5. The van der Waals surface area contributed by atoms with Crippen molar-refractivity contribution in [1.29, 1.82) is 0 Å². The number of ether oxygens (including phenoxy) is 1. The van der Waals surface area contributed by atoms with Crippen molar-refractivity contribution in [3.8, 4) is 5.75 Å². The maximum Gasteiger partial charge on any atom is 0.185 e. The zero-order chi connectivity index (χ0) is 14.4. The van der Waals surface area contributed by atoms with Gasteiger partial charge in [-0.3, -0.25) is 4.79 Å². The summed E-state index contributed by atoms with van der Waals surface area (Å²) in [5.41, 5.74) is 2.39. The Labute approximate surface area is 118 Å². The molecule has 0 spiro atoms. The molecule has 1 N–H and O–H groups in total. The van der Waals surface area contributed by atoms with Gasteiger partial charge in [0.1, 0.15) is 5.75 Å². The number of methoxy groups -OCH3 is 1. The summed E-state index contributed by atoms with van der Waals surface area (Å²) in [7, 11) is 1.59. The second-order valence-electron chi connectivity index (χ2n) is 4.33. The first-order chi connectivity index (χ1) is 9.72. The van der Waals surface area contributed by atoms with Crippen LogP contribution in [0.4, 0.5) is 0 Å². The van der Waals surface area contributed by atoms with Gasteiger partial charge in [0.2, 0.25) is 0 Å². The van der Waals surface area contributed by atoms with Crippen LogP contribution in [0.15, 0.2) is 54.6 Å². The normalized spacial score (nSPS) is 10.7. The first-order valence-electron chi connectivity index (χ1n) is 6.29. The van der Waals surface area contributed by atoms with E-state index in [1.54, 1.807) is 37.5 Å². The molecule has 0 saturated heterocycles. The first kappa shape index (κ1) is 14.0. The van der Waals surface area contributed by atoms with Crippen LogP contribution in [0.2, 0.25) is 0 Å². The topological polar surface area (TPSA) is 46.5 Å². The Kier molecular flexibility index (Phi) is 4.69. The molecule has 0 amide bonds. The fraction of sp³-hybridized carbons (Fsp3) is 0.118. The van der Waals surface area contributed by atoms with Crippen molar-refractivity contribution in [1.82, 2.24) is 0 Å². The van der Waals surface area contributed by atoms with Crippen LogP contribution in [0, 0.1) is 0 Å². The highest BCUT2D eigenvalue weighted by Crippen LogP contribution is 2.13. The lowest BCUT2D eigenvalue weighted by atomic mass is 10.1. The summed E-state index contributed by atoms with van der Waals surface area (Å²) in [6.07, 6.45) is 3.30. The van der Waals surface area contributed by atoms with E-state index in [1.165, 1.54) is 6.08 Å². The number of allylic oxidation sites excluding steroid dienone is 1. The number of aliphatic hydroxyl groups excluding tert-OH is 1. The molecule has 0 heterocycles. The fourth-order valence-electron chi connectivity index (χ4n) is 1.76. The predicted octanol–water partition coefficient (Wildman–Crippen LogP) is 3.08. The van der Waals surface area contributed by atoms with Crippen molar-refractivity contribution in [3.63, 3.8) is 0 Å². The molecule has 3 nitrogen and oxygen atoms in total. The molecule has 0 aliphatic carbocycles. The van der Waals surface area contributed by atoms with Crippen LogP contribution in [0.3, 0.4) is 0 Å². The van der Waals surface area contributed by atoms with E-state index in [9.17, 15) is 4.79 Å². The molecule has 2 rings (SSSR count). The van der Waals surface area contributed by atoms with E-state index in [-0.39, 0.29) is 12.4 Å². The third-order valence-corrected chi connectivity index (χ3v) is 2.96. The molecule has 0 aliphatic heterocycles. The fourth-order valence-corrected chi connectivity index (χ4v) is 1.76. The number of carbonyl (C=O) groups excluding carboxylic acids is 1. The largest absolute Gasteiger partial charge is 0.497 e. The minimum atomic E-state index is -0.0566. The second-order valence-corrected chi connectivity index (χ2v) is 4.33. The number of hydrogen-bond acceptors (Lipinski definition) is 3. The Morgan fingerprint density at radius 3 is 2.30 bits per heavy atom. The average Bonchev–Trinajstić information content (AvgIpc) is 2.53. The molecule has 0 bridgehead atoms. The number of carbonyl (C=O) groups is 1. The van der Waals surface area contributed by atoms with Crippen molar-refractivity contribution >= 4 is 11.9 Å². The Hall–Kier alpha value is -2.39. The molecule has 0 saturated carbocycles. The third-order valence-electron chi connectivity index (χ3n) is 2.96. The lowest BCUT2D eigenvalue weighted by Gasteiger charge is -2.00. The minimum absolute atomic E-state index is 0.0226. The van der Waals surface area contributed by atoms with E-state index < -0.39 is 0 Å². The molecule has 0 unspecified atom stereocenters. The number of benzene rings is 2. The van der Waals surface area contributed by atoms with Crippen LogP contribution < -0.4 is 4.74 Å². The lowest BCUT2D eigenvalue weighted by Crippen LogP contribution is -1.94. The average molecular weight is 268 g/mol. The van der Waals surface area contributed by atoms with E-state index in [1.807, 2.05) is 24.3 Å². The van der Waals surface area contributed by atoms with E-state index in [4.69, 9.17) is 9.84 Å². The predicted molar refractivity (Wildman–Crippen MR) is 78.7 cm³/mol. The van der Waals surface area contributed by atoms with Gasteiger partial charge >= 0.3 is 0 Å². The molecule has 20 heavy (non-hydrogen) atoms. The van der Waals surface area contributed by atoms with Crippen molar-refractivity contribution in [2.45, 2.75) is 6.61 Å². The summed E-state index contributed by atoms with van der Waals surface area (Å²) in [6.45, 7) is 0.0226. The van der Waals surface area contributed by atoms with Crippen LogP contribution in [0.5, 0.6) is 5.75 Å². The van der Waals surface area contributed by atoms with Gasteiger partial charge in [0.05, 0.1) is 13.7 Å². The second kappa shape index (κ2) is 6.68. The van der Waals surface area contributed by atoms with Gasteiger partial charge < -0.3 is 9.84 Å². The molecule has 0 aliphatic rings. The van der Waals surface area contributed by atoms with E-state index >= 15 is 0 Å². The SMILES string of the molecule is COc1ccc(C(=O)/C=C/c2ccc(CO)cc2)cc1. The summed E-state index contributed by atoms with van der Waals surface area (Å²) in [6, 6.07) is 14.4. The minimum Gasteiger partial charge on any atom is -0.497 e. The maximum absolute atomic E-state index is 12.0. The monoisotopic (exact) mass is 268 g/mol. The molecule has 3 heteroatoms. The molecule has 0 radical (unpaired) electrons. The summed E-state index contributed by atoms with van der Waals surface area (Å²) >= 11 is 0. The Bertz CT molecular complexity index is 595. The molecule has 2 aromatic rings. The van der Waals surface area contributed by atoms with Crippen LogP contribution in [0.25, 0.3) is 6.08 Å². The van der Waals surface area contributed by atoms with Gasteiger partial charge in [-0.15, -0.1) is 0 Å². The van der Waals surface area contributed by atoms with Gasteiger partial charge in [-0.2, -0.15) is 0 Å². The lowest BCUT2D eigenvalue weighted by molar-refractivity contribution is 0.104. The van der Waals surface area contributed by atoms with Gasteiger partial charge in [0.25, 0.3) is 0 Å². The Morgan fingerprint density at radius 1 is 1.10 bits per heavy atom. The molecule has 0 aromatic heterocycles. The van der Waals surface area contributed by atoms with Crippen molar-refractivity contribution < 1.29 is 14.6 Å². The maximum atomic E-state index is 12.0. The number of rotatable bonds is 5. The van der Waals surface area contributed by atoms with Gasteiger partial charge in [0.15, 0.2) is 5.78 Å². The summed E-state index contributed by atoms with van der Waals surface area (Å²) in [4.78, 5) is 12.0. The highest BCUT2D eigenvalue weighted by molar-refractivity contribution is 6.06. The van der Waals surface area contributed by atoms with Crippen molar-refractivity contribution in [3.05, 3.63) is 71.3 Å². The summed E-state index contributed by atoms with van der Waals surface area (Å²) in [5, 5.41) is 8.96. The third kappa shape index (κ3) is 3.56. The van der Waals surface area contributed by atoms with Crippen molar-refractivity contribution in [2.75, 3.05) is 7.11 Å². The number of aliphatic hydroxyl groups is 1. The zero-order valence-electron chi connectivity index (χ0n) is 11.2. The number of ketones is 1. The summed E-state index contributed by atoms with van der Waals surface area (Å²) in [5.74, 6) is 0.670. The quantitative estimate of drug-likeness (QED) is 0.669. The van der Waals surface area contributed by atoms with Crippen LogP contribution in [0.1, 0.15) is 21.5 Å². The van der Waals surface area contributed by atoms with Gasteiger partial charge in [-0.1, -0.05) is 30.3 Å². The molecule has 2 aromatic carbocycles. The Balaban J connectivity index is 2.07. The first-order valence-corrected chi connectivity index (χ1v) is 6.29. The van der Waals surface area contributed by atoms with Crippen molar-refractivity contribution in [2.24, 2.45) is 0 Å². The molecular weight excluding hydrogens is 252 g/mol. The van der Waals surface area contributed by atoms with E-state index in [2.05, 4.69) is 0 Å². The zero-order valence-corrected chi connectivity index (χ0v) is 11.2. The van der Waals surface area contributed by atoms with Crippen LogP contribution in [-0.2, 0) is 6.61 Å². The van der Waals surface area contributed by atoms with Gasteiger partial charge in [0, 0.05) is 5.56 Å². The van der Waals surface area contributed by atoms with Gasteiger partial charge in [-0.25, -0.2) is 0 Å². The van der Waals surface area contributed by atoms with E-state index in [0.29, 0.717) is 5.56 Å². The highest BCUT2D eigenvalue weighted by Gasteiger charge is 2.01.